The fourth-order valence-corrected chi connectivity index (χ4v) is 3.38. The molecule has 3 atom stereocenters. The minimum atomic E-state index is -0.362. The number of aliphatic hydroxyl groups excluding tert-OH is 1. The average molecular weight is 303 g/mol. The first-order valence-electron chi connectivity index (χ1n) is 8.16. The van der Waals surface area contributed by atoms with Crippen LogP contribution in [0.5, 0.6) is 0 Å². The lowest BCUT2D eigenvalue weighted by Crippen LogP contribution is -2.45. The molecule has 5 heteroatoms. The number of aliphatic hydroxyl groups is 1. The van der Waals surface area contributed by atoms with E-state index in [2.05, 4.69) is 22.5 Å². The molecule has 2 fully saturated rings. The van der Waals surface area contributed by atoms with Gasteiger partial charge < -0.3 is 15.7 Å². The van der Waals surface area contributed by atoms with Crippen molar-refractivity contribution in [2.75, 3.05) is 13.2 Å². The van der Waals surface area contributed by atoms with E-state index in [-0.39, 0.29) is 24.7 Å². The molecule has 1 heterocycles. The Hall–Kier alpha value is -1.59. The highest BCUT2D eigenvalue weighted by atomic mass is 16.3. The van der Waals surface area contributed by atoms with Gasteiger partial charge in [-0.05, 0) is 31.7 Å². The number of amides is 2. The zero-order valence-corrected chi connectivity index (χ0v) is 13.0. The molecule has 3 N–H and O–H groups in total. The van der Waals surface area contributed by atoms with Gasteiger partial charge in [-0.1, -0.05) is 30.3 Å². The third-order valence-corrected chi connectivity index (χ3v) is 4.66. The first-order valence-corrected chi connectivity index (χ1v) is 8.16. The predicted octanol–water partition coefficient (Wildman–Crippen LogP) is 1.64. The molecule has 0 aromatic heterocycles. The normalized spacial score (nSPS) is 26.6. The fraction of sp³-hybridized carbons (Fsp3) is 0.588. The molecule has 2 amide bonds. The Balaban J connectivity index is 1.51. The van der Waals surface area contributed by atoms with Crippen LogP contribution < -0.4 is 10.6 Å². The number of urea groups is 1. The summed E-state index contributed by atoms with van der Waals surface area (Å²) in [5, 5.41) is 15.4. The van der Waals surface area contributed by atoms with Gasteiger partial charge in [-0.15, -0.1) is 0 Å². The lowest BCUT2D eigenvalue weighted by atomic mass is 10.1. The zero-order chi connectivity index (χ0) is 15.5. The van der Waals surface area contributed by atoms with Crippen LogP contribution in [-0.2, 0) is 0 Å². The van der Waals surface area contributed by atoms with E-state index < -0.39 is 0 Å². The van der Waals surface area contributed by atoms with Crippen LogP contribution in [0.1, 0.15) is 37.8 Å². The summed E-state index contributed by atoms with van der Waals surface area (Å²) in [4.78, 5) is 14.7. The van der Waals surface area contributed by atoms with Crippen molar-refractivity contribution in [1.82, 2.24) is 15.5 Å². The van der Waals surface area contributed by atoms with Crippen LogP contribution in [-0.4, -0.2) is 47.3 Å². The van der Waals surface area contributed by atoms with Gasteiger partial charge in [-0.2, -0.15) is 0 Å². The molecule has 3 unspecified atom stereocenters. The highest BCUT2D eigenvalue weighted by Gasteiger charge is 2.39. The number of likely N-dealkylation sites (tertiary alicyclic amines) is 1. The molecular weight excluding hydrogens is 278 g/mol. The zero-order valence-electron chi connectivity index (χ0n) is 13.0. The minimum absolute atomic E-state index is 0.104. The summed E-state index contributed by atoms with van der Waals surface area (Å²) in [6, 6.07) is 10.5. The molecule has 0 radical (unpaired) electrons. The van der Waals surface area contributed by atoms with Crippen LogP contribution in [0, 0.1) is 0 Å². The molecule has 3 rings (SSSR count). The van der Waals surface area contributed by atoms with E-state index >= 15 is 0 Å². The van der Waals surface area contributed by atoms with Gasteiger partial charge in [0.15, 0.2) is 0 Å². The van der Waals surface area contributed by atoms with Gasteiger partial charge in [0.2, 0.25) is 0 Å². The van der Waals surface area contributed by atoms with Gasteiger partial charge in [0.1, 0.15) is 0 Å². The Bertz CT molecular complexity index is 504. The van der Waals surface area contributed by atoms with Gasteiger partial charge in [0.05, 0.1) is 12.6 Å². The molecule has 0 spiro atoms. The topological polar surface area (TPSA) is 64.6 Å². The molecule has 0 bridgehead atoms. The molecule has 22 heavy (non-hydrogen) atoms. The smallest absolute Gasteiger partial charge is 0.315 e. The Labute approximate surface area is 131 Å². The fourth-order valence-electron chi connectivity index (χ4n) is 3.38. The van der Waals surface area contributed by atoms with Gasteiger partial charge in [0, 0.05) is 24.7 Å². The van der Waals surface area contributed by atoms with Gasteiger partial charge >= 0.3 is 6.03 Å². The maximum Gasteiger partial charge on any atom is 0.315 e. The van der Waals surface area contributed by atoms with Crippen molar-refractivity contribution in [2.45, 2.75) is 50.4 Å². The van der Waals surface area contributed by atoms with Crippen molar-refractivity contribution < 1.29 is 9.90 Å². The first kappa shape index (κ1) is 15.3. The number of carbonyl (C=O) groups excluding carboxylic acids is 1. The molecule has 1 saturated carbocycles. The number of hydrogen-bond donors (Lipinski definition) is 3. The van der Waals surface area contributed by atoms with Crippen molar-refractivity contribution >= 4 is 6.03 Å². The van der Waals surface area contributed by atoms with E-state index in [1.807, 2.05) is 30.3 Å². The monoisotopic (exact) mass is 303 g/mol. The van der Waals surface area contributed by atoms with Crippen molar-refractivity contribution in [1.29, 1.82) is 0 Å². The summed E-state index contributed by atoms with van der Waals surface area (Å²) in [7, 11) is 0. The maximum atomic E-state index is 12.2. The third kappa shape index (κ3) is 3.59. The third-order valence-electron chi connectivity index (χ3n) is 4.66. The van der Waals surface area contributed by atoms with Crippen molar-refractivity contribution in [3.8, 4) is 0 Å². The van der Waals surface area contributed by atoms with Crippen LogP contribution in [0.3, 0.4) is 0 Å². The summed E-state index contributed by atoms with van der Waals surface area (Å²) >= 11 is 0. The largest absolute Gasteiger partial charge is 0.394 e. The van der Waals surface area contributed by atoms with E-state index in [9.17, 15) is 9.90 Å². The Morgan fingerprint density at radius 3 is 2.73 bits per heavy atom. The number of hydrogen-bond acceptors (Lipinski definition) is 3. The Morgan fingerprint density at radius 2 is 2.09 bits per heavy atom. The van der Waals surface area contributed by atoms with Crippen LogP contribution in [0.25, 0.3) is 0 Å². The Kier molecular flexibility index (Phi) is 4.64. The van der Waals surface area contributed by atoms with Crippen LogP contribution in [0.2, 0.25) is 0 Å². The van der Waals surface area contributed by atoms with E-state index in [1.165, 1.54) is 12.8 Å². The lowest BCUT2D eigenvalue weighted by Gasteiger charge is -2.21. The average Bonchev–Trinajstić information content (AvgIpc) is 3.30. The molecule has 120 valence electrons. The number of nitrogens with one attached hydrogen (secondary N) is 2. The number of rotatable bonds is 5. The molecule has 1 aromatic rings. The van der Waals surface area contributed by atoms with Gasteiger partial charge in [-0.3, -0.25) is 4.90 Å². The lowest BCUT2D eigenvalue weighted by molar-refractivity contribution is 0.213. The van der Waals surface area contributed by atoms with Crippen LogP contribution in [0.15, 0.2) is 30.3 Å². The molecule has 1 aromatic carbocycles. The quantitative estimate of drug-likeness (QED) is 0.775. The van der Waals surface area contributed by atoms with Gasteiger partial charge in [0.25, 0.3) is 0 Å². The van der Waals surface area contributed by atoms with Crippen molar-refractivity contribution in [3.05, 3.63) is 35.9 Å². The summed E-state index contributed by atoms with van der Waals surface area (Å²) in [6.45, 7) is 3.07. The second-order valence-corrected chi connectivity index (χ2v) is 6.47. The molecule has 5 nitrogen and oxygen atoms in total. The predicted molar refractivity (Wildman–Crippen MR) is 85.5 cm³/mol. The summed E-state index contributed by atoms with van der Waals surface area (Å²) in [5.74, 6) is 0. The highest BCUT2D eigenvalue weighted by Crippen LogP contribution is 2.33. The molecule has 1 saturated heterocycles. The minimum Gasteiger partial charge on any atom is -0.394 e. The van der Waals surface area contributed by atoms with Gasteiger partial charge in [-0.25, -0.2) is 4.79 Å². The van der Waals surface area contributed by atoms with E-state index in [4.69, 9.17) is 0 Å². The maximum absolute atomic E-state index is 12.2. The Morgan fingerprint density at radius 1 is 1.36 bits per heavy atom. The molecule has 2 aliphatic rings. The van der Waals surface area contributed by atoms with E-state index in [0.717, 1.165) is 24.6 Å². The van der Waals surface area contributed by atoms with Crippen LogP contribution >= 0.6 is 0 Å². The molecule has 1 aliphatic heterocycles. The molecule has 1 aliphatic carbocycles. The SMILES string of the molecule is CC1CC(NC(=O)NC(CO)c2ccccc2)CN1C1CC1. The van der Waals surface area contributed by atoms with Crippen LogP contribution in [0.4, 0.5) is 4.79 Å². The number of carbonyl (C=O) groups is 1. The highest BCUT2D eigenvalue weighted by molar-refractivity contribution is 5.74. The summed E-state index contributed by atoms with van der Waals surface area (Å²) in [5.41, 5.74) is 0.916. The van der Waals surface area contributed by atoms with E-state index in [0.29, 0.717) is 6.04 Å². The van der Waals surface area contributed by atoms with Crippen molar-refractivity contribution in [2.24, 2.45) is 0 Å². The standard InChI is InChI=1S/C17H25N3O2/c1-12-9-14(10-20(12)15-7-8-15)18-17(22)19-16(11-21)13-5-3-2-4-6-13/h2-6,12,14-16,21H,7-11H2,1H3,(H2,18,19,22). The summed E-state index contributed by atoms with van der Waals surface area (Å²) in [6.07, 6.45) is 3.59. The van der Waals surface area contributed by atoms with E-state index in [1.54, 1.807) is 0 Å². The van der Waals surface area contributed by atoms with Crippen molar-refractivity contribution in [3.63, 3.8) is 0 Å². The second kappa shape index (κ2) is 6.67. The summed E-state index contributed by atoms with van der Waals surface area (Å²) < 4.78 is 0. The molecular formula is C17H25N3O2. The number of benzene rings is 1. The number of nitrogens with zero attached hydrogens (tertiary/aromatic N) is 1. The second-order valence-electron chi connectivity index (χ2n) is 6.47. The first-order chi connectivity index (χ1) is 10.7.